The van der Waals surface area contributed by atoms with Crippen LogP contribution in [0.4, 0.5) is 0 Å². The van der Waals surface area contributed by atoms with Crippen LogP contribution in [-0.2, 0) is 33.5 Å². The van der Waals surface area contributed by atoms with E-state index in [1.165, 1.54) is 7.11 Å². The van der Waals surface area contributed by atoms with E-state index in [1.54, 1.807) is 0 Å². The van der Waals surface area contributed by atoms with E-state index in [1.807, 2.05) is 0 Å². The Bertz CT molecular complexity index is 1050. The topological polar surface area (TPSA) is 353 Å². The third-order valence-corrected chi connectivity index (χ3v) is 8.07. The monoisotopic (exact) mass is 721 g/mol. The van der Waals surface area contributed by atoms with E-state index >= 15 is 0 Å². The second-order valence-corrected chi connectivity index (χ2v) is 12.1. The van der Waals surface area contributed by atoms with Gasteiger partial charge in [-0.2, -0.15) is 0 Å². The summed E-state index contributed by atoms with van der Waals surface area (Å²) in [6.45, 7) is 1.01. The van der Waals surface area contributed by atoms with Crippen LogP contribution >= 0.6 is 0 Å². The maximum atomic E-state index is 13.6. The number of nitrogens with two attached hydrogens (primary N) is 4. The summed E-state index contributed by atoms with van der Waals surface area (Å²) in [5, 5.41) is 54.9. The minimum atomic E-state index is -2.44. The van der Waals surface area contributed by atoms with Crippen molar-refractivity contribution in [3.63, 3.8) is 0 Å². The summed E-state index contributed by atoms with van der Waals surface area (Å²) in [6.07, 6.45) is -5.18. The third-order valence-electron chi connectivity index (χ3n) is 8.07. The fourth-order valence-electron chi connectivity index (χ4n) is 4.95. The van der Waals surface area contributed by atoms with Crippen LogP contribution in [0.3, 0.4) is 0 Å². The lowest BCUT2D eigenvalue weighted by molar-refractivity contribution is -0.166. The first-order valence-corrected chi connectivity index (χ1v) is 17.0. The highest BCUT2D eigenvalue weighted by atomic mass is 16.5. The molecule has 0 saturated heterocycles. The number of amides is 3. The van der Waals surface area contributed by atoms with Crippen LogP contribution in [-0.4, -0.2) is 137 Å². The first-order chi connectivity index (χ1) is 23.7. The van der Waals surface area contributed by atoms with Gasteiger partial charge in [0.05, 0.1) is 19.2 Å². The van der Waals surface area contributed by atoms with Crippen molar-refractivity contribution in [1.82, 2.24) is 16.0 Å². The smallest absolute Gasteiger partial charge is 0.335 e. The predicted molar refractivity (Wildman–Crippen MR) is 180 cm³/mol. The zero-order valence-corrected chi connectivity index (χ0v) is 28.8. The lowest BCUT2D eigenvalue weighted by Crippen LogP contribution is -2.52. The van der Waals surface area contributed by atoms with Crippen LogP contribution in [0.25, 0.3) is 0 Å². The Labute approximate surface area is 292 Å². The fraction of sp³-hybridized carbons (Fsp3) is 0.806. The van der Waals surface area contributed by atoms with E-state index in [9.17, 15) is 49.2 Å². The zero-order chi connectivity index (χ0) is 38.2. The first kappa shape index (κ1) is 46.7. The Hall–Kier alpha value is -3.30. The Kier molecular flexibility index (Phi) is 24.8. The maximum Gasteiger partial charge on any atom is 0.335 e. The molecule has 0 radical (unpaired) electrons. The van der Waals surface area contributed by atoms with Crippen molar-refractivity contribution in [1.29, 1.82) is 0 Å². The number of rotatable bonds is 29. The lowest BCUT2D eigenvalue weighted by Gasteiger charge is -2.24. The van der Waals surface area contributed by atoms with Crippen molar-refractivity contribution in [2.24, 2.45) is 28.9 Å². The molecule has 3 amide bonds. The van der Waals surface area contributed by atoms with Gasteiger partial charge in [0.2, 0.25) is 11.8 Å². The number of carbonyl (C=O) groups is 6. The van der Waals surface area contributed by atoms with Gasteiger partial charge in [0.25, 0.3) is 5.91 Å². The Morgan fingerprint density at radius 3 is 1.66 bits per heavy atom. The molecule has 50 heavy (non-hydrogen) atoms. The quantitative estimate of drug-likeness (QED) is 0.0257. The molecule has 0 fully saturated rings. The highest BCUT2D eigenvalue weighted by Crippen LogP contribution is 2.18. The number of unbranched alkanes of at least 4 members (excludes halogenated alkanes) is 3. The normalized spacial score (nSPS) is 16.1. The van der Waals surface area contributed by atoms with E-state index < -0.39 is 83.9 Å². The van der Waals surface area contributed by atoms with Gasteiger partial charge in [0, 0.05) is 18.9 Å². The van der Waals surface area contributed by atoms with Crippen molar-refractivity contribution in [2.75, 3.05) is 33.3 Å². The number of esters is 1. The van der Waals surface area contributed by atoms with Crippen molar-refractivity contribution in [3.05, 3.63) is 0 Å². The summed E-state index contributed by atoms with van der Waals surface area (Å²) < 4.78 is 4.84. The van der Waals surface area contributed by atoms with Crippen LogP contribution in [0.1, 0.15) is 77.0 Å². The number of nitrogens with one attached hydrogen (secondary N) is 3. The molecule has 0 aromatic rings. The number of Topliss-reactive ketones (excluding diaryl/α,β-unsaturated/α-hetero) is 1. The van der Waals surface area contributed by atoms with Crippen LogP contribution in [0.2, 0.25) is 0 Å². The molecule has 0 spiro atoms. The summed E-state index contributed by atoms with van der Waals surface area (Å²) in [5.74, 6) is -6.06. The molecule has 0 aromatic carbocycles. The van der Waals surface area contributed by atoms with Gasteiger partial charge in [-0.1, -0.05) is 6.42 Å². The molecule has 19 nitrogen and oxygen atoms in total. The van der Waals surface area contributed by atoms with Crippen molar-refractivity contribution >= 4 is 35.4 Å². The Morgan fingerprint density at radius 1 is 0.640 bits per heavy atom. The number of methoxy groups -OCH3 is 1. The van der Waals surface area contributed by atoms with Crippen LogP contribution < -0.4 is 38.9 Å². The van der Waals surface area contributed by atoms with Gasteiger partial charge in [0.1, 0.15) is 18.2 Å². The molecule has 19 heteroatoms. The molecule has 16 N–H and O–H groups in total. The molecule has 0 aliphatic rings. The van der Waals surface area contributed by atoms with E-state index in [0.717, 1.165) is 0 Å². The molecule has 0 saturated carbocycles. The van der Waals surface area contributed by atoms with E-state index in [0.29, 0.717) is 71.0 Å². The first-order valence-electron chi connectivity index (χ1n) is 17.0. The maximum absolute atomic E-state index is 13.6. The predicted octanol–water partition coefficient (Wildman–Crippen LogP) is -4.16. The SMILES string of the molecule is COC(=O)[C@H](CCCCN)NC(=O)[C@H](CCCCN)CC(=O)[C@H](CCCCN)NC(=O)[C@@H](N)CCCNC(=O)[C@H](O)[C@@H](O)[C@@H](O)[C@H](O)C(=O)O. The second-order valence-electron chi connectivity index (χ2n) is 12.1. The number of hydrogen-bond donors (Lipinski definition) is 12. The van der Waals surface area contributed by atoms with Gasteiger partial charge in [-0.05, 0) is 83.8 Å². The van der Waals surface area contributed by atoms with Gasteiger partial charge < -0.3 is 69.2 Å². The van der Waals surface area contributed by atoms with Gasteiger partial charge in [-0.3, -0.25) is 19.2 Å². The molecule has 8 atom stereocenters. The Morgan fingerprint density at radius 2 is 1.14 bits per heavy atom. The van der Waals surface area contributed by atoms with Crippen molar-refractivity contribution < 1.29 is 59.0 Å². The molecule has 0 aliphatic heterocycles. The highest BCUT2D eigenvalue weighted by molar-refractivity contribution is 5.94. The number of carboxylic acid groups (broad SMARTS) is 1. The molecule has 0 aliphatic carbocycles. The second kappa shape index (κ2) is 26.5. The average molecular weight is 722 g/mol. The fourth-order valence-corrected chi connectivity index (χ4v) is 4.95. The number of hydrogen-bond acceptors (Lipinski definition) is 15. The summed E-state index contributed by atoms with van der Waals surface area (Å²) in [4.78, 5) is 75.1. The van der Waals surface area contributed by atoms with Crippen molar-refractivity contribution in [3.8, 4) is 0 Å². The third kappa shape index (κ3) is 18.1. The lowest BCUT2D eigenvalue weighted by atomic mass is 9.90. The highest BCUT2D eigenvalue weighted by Gasteiger charge is 2.37. The largest absolute Gasteiger partial charge is 0.479 e. The Balaban J connectivity index is 5.43. The number of carbonyl (C=O) groups excluding carboxylic acids is 5. The summed E-state index contributed by atoms with van der Waals surface area (Å²) in [6, 6.07) is -3.04. The van der Waals surface area contributed by atoms with Crippen LogP contribution in [0, 0.1) is 5.92 Å². The van der Waals surface area contributed by atoms with Crippen LogP contribution in [0.15, 0.2) is 0 Å². The molecule has 0 heterocycles. The number of ketones is 1. The van der Waals surface area contributed by atoms with Crippen LogP contribution in [0.5, 0.6) is 0 Å². The van der Waals surface area contributed by atoms with Gasteiger partial charge in [-0.25, -0.2) is 9.59 Å². The number of ether oxygens (including phenoxy) is 1. The standard InChI is InChI=1S/C31H59N7O12/c1-50-31(49)21(12-4-7-15-34)38-27(44)18(9-2-5-13-32)17-22(39)20(11-3-6-14-33)37-28(45)19(35)10-8-16-36-29(46)25(42)23(40)24(41)26(43)30(47)48/h18-21,23-26,40-43H,2-17,32-35H2,1H3,(H,36,46)(H,37,45)(H,38,44)(H,47,48)/t18-,19+,20+,21+,23+,24-,25-,26+/m1/s1. The van der Waals surface area contributed by atoms with Crippen molar-refractivity contribution in [2.45, 2.75) is 120 Å². The minimum absolute atomic E-state index is 0.0119. The molecular formula is C31H59N7O12. The van der Waals surface area contributed by atoms with Gasteiger partial charge in [0.15, 0.2) is 18.0 Å². The number of aliphatic carboxylic acids is 1. The number of aliphatic hydroxyl groups excluding tert-OH is 4. The minimum Gasteiger partial charge on any atom is -0.479 e. The van der Waals surface area contributed by atoms with Gasteiger partial charge >= 0.3 is 11.9 Å². The van der Waals surface area contributed by atoms with E-state index in [2.05, 4.69) is 16.0 Å². The number of aliphatic hydroxyl groups is 4. The summed E-state index contributed by atoms with van der Waals surface area (Å²) >= 11 is 0. The van der Waals surface area contributed by atoms with Gasteiger partial charge in [-0.15, -0.1) is 0 Å². The van der Waals surface area contributed by atoms with E-state index in [-0.39, 0.29) is 32.2 Å². The number of carboxylic acids is 1. The summed E-state index contributed by atoms with van der Waals surface area (Å²) in [5.41, 5.74) is 22.8. The molecule has 0 rings (SSSR count). The molecular weight excluding hydrogens is 662 g/mol. The van der Waals surface area contributed by atoms with E-state index in [4.69, 9.17) is 32.8 Å². The molecule has 0 aromatic heterocycles. The zero-order valence-electron chi connectivity index (χ0n) is 28.8. The summed E-state index contributed by atoms with van der Waals surface area (Å²) in [7, 11) is 1.21. The molecule has 290 valence electrons. The molecule has 0 unspecified atom stereocenters. The average Bonchev–Trinajstić information content (AvgIpc) is 3.09. The molecule has 0 bridgehead atoms.